The second kappa shape index (κ2) is 6.54. The summed E-state index contributed by atoms with van der Waals surface area (Å²) >= 11 is 6.00. The number of nitrogens with one attached hydrogen (secondary N) is 1. The molecule has 1 aromatic rings. The van der Waals surface area contributed by atoms with E-state index in [-0.39, 0.29) is 5.28 Å². The summed E-state index contributed by atoms with van der Waals surface area (Å²) in [4.78, 5) is 15.0. The fourth-order valence-electron chi connectivity index (χ4n) is 2.66. The van der Waals surface area contributed by atoms with Crippen LogP contribution in [0.25, 0.3) is 0 Å². The van der Waals surface area contributed by atoms with Crippen LogP contribution >= 0.6 is 11.6 Å². The van der Waals surface area contributed by atoms with E-state index in [1.807, 2.05) is 0 Å². The summed E-state index contributed by atoms with van der Waals surface area (Å²) in [5, 5.41) is 3.55. The van der Waals surface area contributed by atoms with E-state index in [1.54, 1.807) is 0 Å². The highest BCUT2D eigenvalue weighted by atomic mass is 35.5. The molecule has 0 amide bonds. The minimum Gasteiger partial charge on any atom is -0.381 e. The van der Waals surface area contributed by atoms with Gasteiger partial charge in [0.05, 0.1) is 0 Å². The van der Waals surface area contributed by atoms with Crippen molar-refractivity contribution in [3.05, 3.63) is 5.28 Å². The highest BCUT2D eigenvalue weighted by Gasteiger charge is 2.18. The second-order valence-electron chi connectivity index (χ2n) is 5.36. The van der Waals surface area contributed by atoms with Gasteiger partial charge < -0.3 is 15.0 Å². The Balaban J connectivity index is 1.63. The lowest BCUT2D eigenvalue weighted by molar-refractivity contribution is 0.0699. The van der Waals surface area contributed by atoms with Crippen molar-refractivity contribution in [2.24, 2.45) is 5.92 Å². The fraction of sp³-hybridized carbons (Fsp3) is 0.769. The molecule has 1 aromatic heterocycles. The van der Waals surface area contributed by atoms with Gasteiger partial charge in [0.2, 0.25) is 17.2 Å². The van der Waals surface area contributed by atoms with Gasteiger partial charge in [-0.15, -0.1) is 0 Å². The lowest BCUT2D eigenvalue weighted by atomic mass is 10.0. The summed E-state index contributed by atoms with van der Waals surface area (Å²) in [7, 11) is 0. The van der Waals surface area contributed by atoms with Gasteiger partial charge in [-0.2, -0.15) is 15.0 Å². The number of rotatable bonds is 4. The van der Waals surface area contributed by atoms with Crippen LogP contribution in [0.3, 0.4) is 0 Å². The highest BCUT2D eigenvalue weighted by Crippen LogP contribution is 2.19. The summed E-state index contributed by atoms with van der Waals surface area (Å²) < 4.78 is 5.36. The maximum atomic E-state index is 6.00. The third kappa shape index (κ3) is 3.49. The summed E-state index contributed by atoms with van der Waals surface area (Å²) in [6.07, 6.45) is 4.55. The van der Waals surface area contributed by atoms with Gasteiger partial charge in [-0.25, -0.2) is 0 Å². The molecule has 2 saturated heterocycles. The molecule has 6 nitrogen and oxygen atoms in total. The largest absolute Gasteiger partial charge is 0.381 e. The molecule has 2 aliphatic rings. The van der Waals surface area contributed by atoms with Gasteiger partial charge in [-0.1, -0.05) is 0 Å². The number of nitrogens with zero attached hydrogens (tertiary/aromatic N) is 4. The second-order valence-corrected chi connectivity index (χ2v) is 5.70. The first-order chi connectivity index (χ1) is 9.81. The zero-order valence-electron chi connectivity index (χ0n) is 11.5. The maximum Gasteiger partial charge on any atom is 0.231 e. The normalized spacial score (nSPS) is 20.4. The Morgan fingerprint density at radius 2 is 1.90 bits per heavy atom. The molecule has 0 atom stereocenters. The molecular weight excluding hydrogens is 278 g/mol. The van der Waals surface area contributed by atoms with Gasteiger partial charge in [-0.05, 0) is 43.2 Å². The Labute approximate surface area is 123 Å². The molecule has 110 valence electrons. The first-order valence-electron chi connectivity index (χ1n) is 7.29. The minimum absolute atomic E-state index is 0.261. The van der Waals surface area contributed by atoms with Gasteiger partial charge in [-0.3, -0.25) is 0 Å². The predicted molar refractivity (Wildman–Crippen MR) is 78.3 cm³/mol. The third-order valence-corrected chi connectivity index (χ3v) is 4.04. The molecule has 0 radical (unpaired) electrons. The Bertz CT molecular complexity index is 446. The summed E-state index contributed by atoms with van der Waals surface area (Å²) in [6.45, 7) is 4.56. The van der Waals surface area contributed by atoms with Crippen molar-refractivity contribution < 1.29 is 4.74 Å². The van der Waals surface area contributed by atoms with Crippen molar-refractivity contribution in [2.45, 2.75) is 25.7 Å². The summed E-state index contributed by atoms with van der Waals surface area (Å²) in [5.74, 6) is 1.89. The molecule has 3 heterocycles. The minimum atomic E-state index is 0.261. The van der Waals surface area contributed by atoms with Gasteiger partial charge in [0.25, 0.3) is 0 Å². The molecule has 0 unspecified atom stereocenters. The van der Waals surface area contributed by atoms with E-state index < -0.39 is 0 Å². The van der Waals surface area contributed by atoms with Crippen LogP contribution in [0.2, 0.25) is 5.28 Å². The molecule has 1 N–H and O–H groups in total. The summed E-state index contributed by atoms with van der Waals surface area (Å²) in [6, 6.07) is 0. The van der Waals surface area contributed by atoms with Gasteiger partial charge in [0.15, 0.2) is 0 Å². The molecule has 0 bridgehead atoms. The number of ether oxygens (including phenoxy) is 1. The molecule has 3 rings (SSSR count). The first-order valence-corrected chi connectivity index (χ1v) is 7.67. The highest BCUT2D eigenvalue weighted by molar-refractivity contribution is 6.28. The number of halogens is 1. The number of hydrogen-bond donors (Lipinski definition) is 1. The molecule has 7 heteroatoms. The number of anilines is 2. The van der Waals surface area contributed by atoms with E-state index in [2.05, 4.69) is 25.2 Å². The Morgan fingerprint density at radius 1 is 1.15 bits per heavy atom. The smallest absolute Gasteiger partial charge is 0.231 e. The van der Waals surface area contributed by atoms with E-state index in [0.717, 1.165) is 45.7 Å². The molecule has 0 aliphatic carbocycles. The van der Waals surface area contributed by atoms with Crippen molar-refractivity contribution >= 4 is 23.5 Å². The standard InChI is InChI=1S/C13H20ClN5O/c14-11-16-12(15-9-10-3-7-20-8-4-10)18-13(17-11)19-5-1-2-6-19/h10H,1-9H2,(H,15,16,17,18). The van der Waals surface area contributed by atoms with Crippen LogP contribution in [0.4, 0.5) is 11.9 Å². The lowest BCUT2D eigenvalue weighted by Crippen LogP contribution is -2.25. The van der Waals surface area contributed by atoms with Crippen LogP contribution in [0.15, 0.2) is 0 Å². The molecule has 20 heavy (non-hydrogen) atoms. The van der Waals surface area contributed by atoms with E-state index in [1.165, 1.54) is 12.8 Å². The average Bonchev–Trinajstić information content (AvgIpc) is 3.00. The van der Waals surface area contributed by atoms with E-state index in [4.69, 9.17) is 16.3 Å². The van der Waals surface area contributed by atoms with Crippen LogP contribution in [0.1, 0.15) is 25.7 Å². The quantitative estimate of drug-likeness (QED) is 0.917. The zero-order valence-corrected chi connectivity index (χ0v) is 12.3. The van der Waals surface area contributed by atoms with Crippen LogP contribution in [-0.2, 0) is 4.74 Å². The number of aromatic nitrogens is 3. The molecule has 2 aliphatic heterocycles. The van der Waals surface area contributed by atoms with Crippen molar-refractivity contribution in [3.63, 3.8) is 0 Å². The number of hydrogen-bond acceptors (Lipinski definition) is 6. The predicted octanol–water partition coefficient (Wildman–Crippen LogP) is 1.96. The Hall–Kier alpha value is -1.14. The molecule has 0 spiro atoms. The first kappa shape index (κ1) is 13.8. The average molecular weight is 298 g/mol. The van der Waals surface area contributed by atoms with Crippen LogP contribution < -0.4 is 10.2 Å². The van der Waals surface area contributed by atoms with E-state index in [0.29, 0.717) is 17.8 Å². The van der Waals surface area contributed by atoms with Gasteiger partial charge >= 0.3 is 0 Å². The molecule has 0 saturated carbocycles. The maximum absolute atomic E-state index is 6.00. The van der Waals surface area contributed by atoms with Crippen molar-refractivity contribution in [1.29, 1.82) is 0 Å². The summed E-state index contributed by atoms with van der Waals surface area (Å²) in [5.41, 5.74) is 0. The molecule has 2 fully saturated rings. The van der Waals surface area contributed by atoms with Gasteiger partial charge in [0, 0.05) is 32.8 Å². The topological polar surface area (TPSA) is 63.2 Å². The van der Waals surface area contributed by atoms with E-state index in [9.17, 15) is 0 Å². The van der Waals surface area contributed by atoms with Crippen molar-refractivity contribution in [2.75, 3.05) is 43.1 Å². The SMILES string of the molecule is Clc1nc(NCC2CCOCC2)nc(N2CCCC2)n1. The Kier molecular flexibility index (Phi) is 4.52. The van der Waals surface area contributed by atoms with Crippen molar-refractivity contribution in [1.82, 2.24) is 15.0 Å². The van der Waals surface area contributed by atoms with Crippen LogP contribution in [-0.4, -0.2) is 47.8 Å². The third-order valence-electron chi connectivity index (χ3n) is 3.87. The monoisotopic (exact) mass is 297 g/mol. The van der Waals surface area contributed by atoms with Gasteiger partial charge in [0.1, 0.15) is 0 Å². The van der Waals surface area contributed by atoms with Crippen LogP contribution in [0.5, 0.6) is 0 Å². The lowest BCUT2D eigenvalue weighted by Gasteiger charge is -2.22. The van der Waals surface area contributed by atoms with E-state index >= 15 is 0 Å². The zero-order chi connectivity index (χ0) is 13.8. The van der Waals surface area contributed by atoms with Crippen LogP contribution in [0, 0.1) is 5.92 Å². The molecule has 0 aromatic carbocycles. The van der Waals surface area contributed by atoms with Crippen molar-refractivity contribution in [3.8, 4) is 0 Å². The Morgan fingerprint density at radius 3 is 2.65 bits per heavy atom. The fourth-order valence-corrected chi connectivity index (χ4v) is 2.82. The molecular formula is C13H20ClN5O.